The molecule has 0 aliphatic rings. The highest BCUT2D eigenvalue weighted by Gasteiger charge is 2.26. The maximum atomic E-state index is 13.6. The van der Waals surface area contributed by atoms with Gasteiger partial charge in [0.25, 0.3) is 0 Å². The molecule has 0 aromatic rings. The summed E-state index contributed by atoms with van der Waals surface area (Å²) in [6.07, 6.45) is 53.7. The van der Waals surface area contributed by atoms with Crippen molar-refractivity contribution >= 4 is 7.82 Å². The van der Waals surface area contributed by atoms with E-state index in [1.807, 2.05) is 0 Å². The molecule has 0 aliphatic carbocycles. The monoisotopic (exact) mass is 903 g/mol. The fourth-order valence-corrected chi connectivity index (χ4v) is 9.28. The Morgan fingerprint density at radius 3 is 0.548 bits per heavy atom. The second kappa shape index (κ2) is 55.3. The lowest BCUT2D eigenvalue weighted by atomic mass is 10.1. The molecule has 0 radical (unpaired) electrons. The van der Waals surface area contributed by atoms with Crippen LogP contribution in [0.15, 0.2) is 0 Å². The maximum absolute atomic E-state index is 13.6. The summed E-state index contributed by atoms with van der Waals surface area (Å²) in [5, 5.41) is 0. The second-order valence-corrected chi connectivity index (χ2v) is 20.2. The van der Waals surface area contributed by atoms with Crippen LogP contribution in [-0.2, 0) is 32.3 Å². The van der Waals surface area contributed by atoms with Crippen LogP contribution in [0.25, 0.3) is 0 Å². The van der Waals surface area contributed by atoms with Crippen LogP contribution in [-0.4, -0.2) is 59.5 Å². The predicted octanol–water partition coefficient (Wildman–Crippen LogP) is 18.6. The Bertz CT molecular complexity index is 741. The smallest absolute Gasteiger partial charge is 0.381 e. The lowest BCUT2D eigenvalue weighted by Crippen LogP contribution is -2.06. The van der Waals surface area contributed by atoms with E-state index in [0.717, 1.165) is 77.6 Å². The van der Waals surface area contributed by atoms with Gasteiger partial charge in [0.15, 0.2) is 0 Å². The van der Waals surface area contributed by atoms with Crippen LogP contribution in [0, 0.1) is 0 Å². The Kier molecular flexibility index (Phi) is 55.3. The average Bonchev–Trinajstić information content (AvgIpc) is 3.28. The molecule has 0 aromatic heterocycles. The van der Waals surface area contributed by atoms with Crippen molar-refractivity contribution in [1.82, 2.24) is 0 Å². The van der Waals surface area contributed by atoms with Crippen LogP contribution in [0.5, 0.6) is 0 Å². The zero-order valence-electron chi connectivity index (χ0n) is 42.4. The predicted molar refractivity (Wildman–Crippen MR) is 269 cm³/mol. The van der Waals surface area contributed by atoms with E-state index in [0.29, 0.717) is 39.6 Å². The minimum absolute atomic E-state index is 0.351. The molecule has 62 heavy (non-hydrogen) atoms. The van der Waals surface area contributed by atoms with Gasteiger partial charge in [-0.1, -0.05) is 233 Å². The maximum Gasteiger partial charge on any atom is 0.474 e. The van der Waals surface area contributed by atoms with E-state index < -0.39 is 7.82 Å². The molecular weight excluding hydrogens is 792 g/mol. The van der Waals surface area contributed by atoms with Crippen molar-refractivity contribution in [3.8, 4) is 0 Å². The van der Waals surface area contributed by atoms with Crippen LogP contribution < -0.4 is 0 Å². The van der Waals surface area contributed by atoms with E-state index in [-0.39, 0.29) is 0 Å². The van der Waals surface area contributed by atoms with Gasteiger partial charge in [0, 0.05) is 39.6 Å². The Balaban J connectivity index is 4.08. The van der Waals surface area contributed by atoms with E-state index in [4.69, 9.17) is 27.8 Å². The Morgan fingerprint density at radius 1 is 0.210 bits per heavy atom. The normalized spacial score (nSPS) is 12.0. The number of phosphoric ester groups is 1. The van der Waals surface area contributed by atoms with E-state index in [1.165, 1.54) is 212 Å². The first-order chi connectivity index (χ1) is 30.7. The fraction of sp³-hybridized carbons (Fsp3) is 1.00. The molecule has 0 heterocycles. The molecule has 0 atom stereocenters. The minimum atomic E-state index is -3.62. The van der Waals surface area contributed by atoms with E-state index in [2.05, 4.69) is 20.8 Å². The van der Waals surface area contributed by atoms with Crippen LogP contribution in [0.3, 0.4) is 0 Å². The zero-order valence-corrected chi connectivity index (χ0v) is 43.3. The number of rotatable bonds is 57. The molecule has 8 heteroatoms. The molecule has 0 N–H and O–H groups in total. The van der Waals surface area contributed by atoms with Gasteiger partial charge in [-0.25, -0.2) is 4.57 Å². The molecule has 0 rings (SSSR count). The minimum Gasteiger partial charge on any atom is -0.381 e. The third-order valence-corrected chi connectivity index (χ3v) is 13.7. The summed E-state index contributed by atoms with van der Waals surface area (Å²) >= 11 is 0. The highest BCUT2D eigenvalue weighted by atomic mass is 31.2. The second-order valence-electron chi connectivity index (χ2n) is 18.6. The lowest BCUT2D eigenvalue weighted by Gasteiger charge is -2.18. The standard InChI is InChI=1S/C54H111O7P/c1-4-7-10-13-16-19-22-25-28-31-34-37-46-56-49-40-43-52-59-62(55,60-53-44-41-50-57-47-38-35-32-29-26-23-20-17-14-11-8-5-2)61-54-45-42-51-58-48-39-36-33-30-27-24-21-18-15-12-9-6-3/h4-54H2,1-3H3. The average molecular weight is 903 g/mol. The van der Waals surface area contributed by atoms with Crippen LogP contribution in [0.1, 0.15) is 290 Å². The molecule has 0 fully saturated rings. The van der Waals surface area contributed by atoms with Crippen molar-refractivity contribution in [2.24, 2.45) is 0 Å². The van der Waals surface area contributed by atoms with E-state index in [9.17, 15) is 4.57 Å². The third kappa shape index (κ3) is 52.6. The highest BCUT2D eigenvalue weighted by Crippen LogP contribution is 2.50. The molecule has 0 unspecified atom stereocenters. The zero-order chi connectivity index (χ0) is 44.8. The number of ether oxygens (including phenoxy) is 3. The van der Waals surface area contributed by atoms with Crippen molar-refractivity contribution in [3.05, 3.63) is 0 Å². The van der Waals surface area contributed by atoms with E-state index >= 15 is 0 Å². The number of phosphoric acid groups is 1. The summed E-state index contributed by atoms with van der Waals surface area (Å²) in [6.45, 7) is 12.5. The summed E-state index contributed by atoms with van der Waals surface area (Å²) in [4.78, 5) is 0. The highest BCUT2D eigenvalue weighted by molar-refractivity contribution is 7.48. The van der Waals surface area contributed by atoms with Crippen molar-refractivity contribution in [2.45, 2.75) is 290 Å². The van der Waals surface area contributed by atoms with Crippen molar-refractivity contribution < 1.29 is 32.3 Å². The van der Waals surface area contributed by atoms with Crippen molar-refractivity contribution in [1.29, 1.82) is 0 Å². The Hall–Kier alpha value is -0.0100. The topological polar surface area (TPSA) is 72.5 Å². The molecule has 0 bridgehead atoms. The van der Waals surface area contributed by atoms with Gasteiger partial charge in [-0.3, -0.25) is 13.6 Å². The van der Waals surface area contributed by atoms with Gasteiger partial charge in [0.2, 0.25) is 0 Å². The Morgan fingerprint density at radius 2 is 0.355 bits per heavy atom. The fourth-order valence-electron chi connectivity index (χ4n) is 8.00. The van der Waals surface area contributed by atoms with Crippen LogP contribution in [0.4, 0.5) is 0 Å². The molecule has 7 nitrogen and oxygen atoms in total. The molecule has 0 aromatic carbocycles. The van der Waals surface area contributed by atoms with Gasteiger partial charge in [-0.15, -0.1) is 0 Å². The first-order valence-electron chi connectivity index (χ1n) is 27.9. The number of hydrogen-bond donors (Lipinski definition) is 0. The lowest BCUT2D eigenvalue weighted by molar-refractivity contribution is 0.0884. The summed E-state index contributed by atoms with van der Waals surface area (Å²) in [5.41, 5.74) is 0. The molecule has 0 saturated carbocycles. The van der Waals surface area contributed by atoms with Crippen LogP contribution >= 0.6 is 7.82 Å². The largest absolute Gasteiger partial charge is 0.474 e. The molecule has 0 saturated heterocycles. The first-order valence-corrected chi connectivity index (χ1v) is 29.4. The van der Waals surface area contributed by atoms with Gasteiger partial charge in [-0.2, -0.15) is 0 Å². The summed E-state index contributed by atoms with van der Waals surface area (Å²) in [6, 6.07) is 0. The van der Waals surface area contributed by atoms with Gasteiger partial charge in [0.1, 0.15) is 0 Å². The van der Waals surface area contributed by atoms with Gasteiger partial charge >= 0.3 is 7.82 Å². The van der Waals surface area contributed by atoms with Crippen molar-refractivity contribution in [3.63, 3.8) is 0 Å². The first kappa shape index (κ1) is 62.0. The Labute approximate surface area is 388 Å². The third-order valence-electron chi connectivity index (χ3n) is 12.2. The van der Waals surface area contributed by atoms with Gasteiger partial charge in [0.05, 0.1) is 19.8 Å². The van der Waals surface area contributed by atoms with Crippen LogP contribution in [0.2, 0.25) is 0 Å². The quantitative estimate of drug-likeness (QED) is 0.0445. The summed E-state index contributed by atoms with van der Waals surface area (Å²) < 4.78 is 48.7. The summed E-state index contributed by atoms with van der Waals surface area (Å²) in [5.74, 6) is 0. The molecule has 0 spiro atoms. The van der Waals surface area contributed by atoms with E-state index in [1.54, 1.807) is 0 Å². The van der Waals surface area contributed by atoms with Gasteiger partial charge < -0.3 is 14.2 Å². The summed E-state index contributed by atoms with van der Waals surface area (Å²) in [7, 11) is -3.62. The molecular formula is C54H111O7P. The number of hydrogen-bond acceptors (Lipinski definition) is 7. The van der Waals surface area contributed by atoms with Gasteiger partial charge in [-0.05, 0) is 57.8 Å². The SMILES string of the molecule is CCCCCCCCCCCCCCOCCCCOP(=O)(OCCCCOCCCCCCCCCCCCCC)OCCCCOCCCCCCCCCCCCCC. The molecule has 0 amide bonds. The molecule has 374 valence electrons. The number of unbranched alkanes of at least 4 members (excludes halogenated alkanes) is 36. The van der Waals surface area contributed by atoms with Crippen molar-refractivity contribution in [2.75, 3.05) is 59.5 Å². The molecule has 0 aliphatic heterocycles.